The van der Waals surface area contributed by atoms with E-state index in [1.807, 2.05) is 18.3 Å². The number of nitrogens with zero attached hydrogens (tertiary/aromatic N) is 1. The van der Waals surface area contributed by atoms with Crippen LogP contribution in [0.2, 0.25) is 0 Å². The average molecular weight is 370 g/mol. The largest absolute Gasteiger partial charge is 0.497 e. The Kier molecular flexibility index (Phi) is 5.62. The molecule has 0 fully saturated rings. The lowest BCUT2D eigenvalue weighted by Gasteiger charge is -2.25. The van der Waals surface area contributed by atoms with Gasteiger partial charge in [-0.25, -0.2) is 0 Å². The van der Waals surface area contributed by atoms with Crippen molar-refractivity contribution in [3.63, 3.8) is 0 Å². The lowest BCUT2D eigenvalue weighted by atomic mass is 10.1. The van der Waals surface area contributed by atoms with E-state index >= 15 is 0 Å². The van der Waals surface area contributed by atoms with E-state index < -0.39 is 0 Å². The SMILES string of the molecule is COc1ccc(CN(CCCc2ccccc2)c2ccc3[nH]ccc3c2)cc1. The summed E-state index contributed by atoms with van der Waals surface area (Å²) in [6.07, 6.45) is 4.20. The number of ether oxygens (including phenoxy) is 1. The van der Waals surface area contributed by atoms with Crippen molar-refractivity contribution in [3.8, 4) is 5.75 Å². The van der Waals surface area contributed by atoms with Crippen molar-refractivity contribution >= 4 is 16.6 Å². The minimum absolute atomic E-state index is 0.884. The highest BCUT2D eigenvalue weighted by Gasteiger charge is 2.09. The van der Waals surface area contributed by atoms with Gasteiger partial charge in [-0.1, -0.05) is 42.5 Å². The zero-order valence-corrected chi connectivity index (χ0v) is 16.3. The van der Waals surface area contributed by atoms with Gasteiger partial charge in [0.2, 0.25) is 0 Å². The van der Waals surface area contributed by atoms with E-state index in [2.05, 4.69) is 76.6 Å². The third kappa shape index (κ3) is 4.37. The molecule has 0 unspecified atom stereocenters. The number of aryl methyl sites for hydroxylation is 1. The molecule has 0 amide bonds. The first-order valence-electron chi connectivity index (χ1n) is 9.81. The van der Waals surface area contributed by atoms with Gasteiger partial charge in [-0.2, -0.15) is 0 Å². The van der Waals surface area contributed by atoms with Gasteiger partial charge in [-0.15, -0.1) is 0 Å². The van der Waals surface area contributed by atoms with E-state index in [4.69, 9.17) is 4.74 Å². The first kappa shape index (κ1) is 18.2. The average Bonchev–Trinajstić information content (AvgIpc) is 3.22. The molecule has 0 aliphatic heterocycles. The van der Waals surface area contributed by atoms with Gasteiger partial charge >= 0.3 is 0 Å². The maximum Gasteiger partial charge on any atom is 0.118 e. The molecule has 0 bridgehead atoms. The van der Waals surface area contributed by atoms with Gasteiger partial charge in [-0.05, 0) is 60.4 Å². The summed E-state index contributed by atoms with van der Waals surface area (Å²) in [4.78, 5) is 5.75. The van der Waals surface area contributed by atoms with Crippen LogP contribution in [0.25, 0.3) is 10.9 Å². The van der Waals surface area contributed by atoms with Crippen LogP contribution >= 0.6 is 0 Å². The van der Waals surface area contributed by atoms with E-state index in [1.54, 1.807) is 7.11 Å². The van der Waals surface area contributed by atoms with Gasteiger partial charge in [0.05, 0.1) is 7.11 Å². The Morgan fingerprint density at radius 1 is 0.857 bits per heavy atom. The minimum atomic E-state index is 0.884. The van der Waals surface area contributed by atoms with Crippen LogP contribution in [0.4, 0.5) is 5.69 Å². The number of methoxy groups -OCH3 is 1. The summed E-state index contributed by atoms with van der Waals surface area (Å²) in [5.74, 6) is 0.896. The molecule has 0 saturated heterocycles. The highest BCUT2D eigenvalue weighted by molar-refractivity contribution is 5.83. The van der Waals surface area contributed by atoms with Gasteiger partial charge in [-0.3, -0.25) is 0 Å². The molecule has 0 saturated carbocycles. The predicted molar refractivity (Wildman–Crippen MR) is 117 cm³/mol. The van der Waals surface area contributed by atoms with Crippen molar-refractivity contribution in [2.24, 2.45) is 0 Å². The number of hydrogen-bond donors (Lipinski definition) is 1. The summed E-state index contributed by atoms with van der Waals surface area (Å²) < 4.78 is 5.29. The zero-order valence-electron chi connectivity index (χ0n) is 16.3. The number of benzene rings is 3. The molecule has 0 atom stereocenters. The number of aromatic nitrogens is 1. The monoisotopic (exact) mass is 370 g/mol. The van der Waals surface area contributed by atoms with Crippen LogP contribution in [0.3, 0.4) is 0 Å². The second-order valence-electron chi connectivity index (χ2n) is 7.11. The van der Waals surface area contributed by atoms with E-state index in [0.717, 1.165) is 31.7 Å². The Morgan fingerprint density at radius 2 is 1.68 bits per heavy atom. The molecule has 1 aromatic heterocycles. The quantitative estimate of drug-likeness (QED) is 0.423. The minimum Gasteiger partial charge on any atom is -0.497 e. The molecule has 4 rings (SSSR count). The molecule has 0 aliphatic rings. The first-order chi connectivity index (χ1) is 13.8. The van der Waals surface area contributed by atoms with Crippen molar-refractivity contribution in [1.82, 2.24) is 4.98 Å². The lowest BCUT2D eigenvalue weighted by molar-refractivity contribution is 0.414. The molecule has 1 N–H and O–H groups in total. The summed E-state index contributed by atoms with van der Waals surface area (Å²) >= 11 is 0. The fraction of sp³-hybridized carbons (Fsp3) is 0.200. The molecule has 28 heavy (non-hydrogen) atoms. The second-order valence-corrected chi connectivity index (χ2v) is 7.11. The number of fused-ring (bicyclic) bond motifs is 1. The van der Waals surface area contributed by atoms with Gasteiger partial charge in [0.1, 0.15) is 5.75 Å². The highest BCUT2D eigenvalue weighted by Crippen LogP contribution is 2.24. The molecule has 4 aromatic rings. The Balaban J connectivity index is 1.52. The molecule has 0 aliphatic carbocycles. The van der Waals surface area contributed by atoms with E-state index in [9.17, 15) is 0 Å². The van der Waals surface area contributed by atoms with E-state index in [-0.39, 0.29) is 0 Å². The Hall–Kier alpha value is -3.20. The Bertz CT molecular complexity index is 1010. The van der Waals surface area contributed by atoms with Crippen molar-refractivity contribution in [3.05, 3.63) is 96.2 Å². The van der Waals surface area contributed by atoms with Crippen LogP contribution < -0.4 is 9.64 Å². The molecule has 142 valence electrons. The number of rotatable bonds is 8. The van der Waals surface area contributed by atoms with Gasteiger partial charge in [0, 0.05) is 35.9 Å². The second kappa shape index (κ2) is 8.66. The lowest BCUT2D eigenvalue weighted by Crippen LogP contribution is -2.24. The number of hydrogen-bond acceptors (Lipinski definition) is 2. The first-order valence-corrected chi connectivity index (χ1v) is 9.81. The smallest absolute Gasteiger partial charge is 0.118 e. The zero-order chi connectivity index (χ0) is 19.2. The summed E-state index contributed by atoms with van der Waals surface area (Å²) in [6, 6.07) is 27.9. The summed E-state index contributed by atoms with van der Waals surface area (Å²) in [7, 11) is 1.71. The third-order valence-electron chi connectivity index (χ3n) is 5.17. The van der Waals surface area contributed by atoms with Crippen LogP contribution in [0, 0.1) is 0 Å². The third-order valence-corrected chi connectivity index (χ3v) is 5.17. The molecular formula is C25H26N2O. The molecule has 0 radical (unpaired) electrons. The topological polar surface area (TPSA) is 28.3 Å². The normalized spacial score (nSPS) is 10.9. The fourth-order valence-electron chi connectivity index (χ4n) is 3.61. The van der Waals surface area contributed by atoms with E-state index in [0.29, 0.717) is 0 Å². The summed E-state index contributed by atoms with van der Waals surface area (Å²) in [5.41, 5.74) is 5.12. The number of anilines is 1. The molecule has 3 heteroatoms. The van der Waals surface area contributed by atoms with Gasteiger partial charge in [0.25, 0.3) is 0 Å². The molecule has 3 aromatic carbocycles. The standard InChI is InChI=1S/C25H26N2O/c1-28-24-12-9-21(10-13-24)19-27(17-5-8-20-6-3-2-4-7-20)23-11-14-25-22(18-23)15-16-26-25/h2-4,6-7,9-16,18,26H,5,8,17,19H2,1H3. The Labute approximate surface area is 166 Å². The number of H-pyrrole nitrogens is 1. The van der Waals surface area contributed by atoms with E-state index in [1.165, 1.54) is 27.7 Å². The van der Waals surface area contributed by atoms with Gasteiger partial charge < -0.3 is 14.6 Å². The van der Waals surface area contributed by atoms with Crippen molar-refractivity contribution in [2.45, 2.75) is 19.4 Å². The summed E-state index contributed by atoms with van der Waals surface area (Å²) in [5, 5.41) is 1.25. The highest BCUT2D eigenvalue weighted by atomic mass is 16.5. The van der Waals surface area contributed by atoms with Crippen LogP contribution in [-0.4, -0.2) is 18.6 Å². The van der Waals surface area contributed by atoms with Crippen molar-refractivity contribution < 1.29 is 4.74 Å². The van der Waals surface area contributed by atoms with Crippen molar-refractivity contribution in [1.29, 1.82) is 0 Å². The van der Waals surface area contributed by atoms with Crippen LogP contribution in [0.5, 0.6) is 5.75 Å². The van der Waals surface area contributed by atoms with Gasteiger partial charge in [0.15, 0.2) is 0 Å². The molecular weight excluding hydrogens is 344 g/mol. The summed E-state index contributed by atoms with van der Waals surface area (Å²) in [6.45, 7) is 1.89. The maximum absolute atomic E-state index is 5.29. The van der Waals surface area contributed by atoms with Crippen LogP contribution in [0.1, 0.15) is 17.5 Å². The molecule has 0 spiro atoms. The van der Waals surface area contributed by atoms with Crippen LogP contribution in [-0.2, 0) is 13.0 Å². The fourth-order valence-corrected chi connectivity index (χ4v) is 3.61. The van der Waals surface area contributed by atoms with Crippen molar-refractivity contribution in [2.75, 3.05) is 18.6 Å². The Morgan fingerprint density at radius 3 is 2.46 bits per heavy atom. The maximum atomic E-state index is 5.29. The van der Waals surface area contributed by atoms with Crippen LogP contribution in [0.15, 0.2) is 85.1 Å². The molecule has 1 heterocycles. The number of nitrogens with one attached hydrogen (secondary N) is 1. The predicted octanol–water partition coefficient (Wildman–Crippen LogP) is 5.82. The molecule has 3 nitrogen and oxygen atoms in total. The number of aromatic amines is 1.